The first-order chi connectivity index (χ1) is 6.79. The molecule has 76 valence electrons. The van der Waals surface area contributed by atoms with Gasteiger partial charge in [-0.25, -0.2) is 4.98 Å². The van der Waals surface area contributed by atoms with Crippen molar-refractivity contribution < 1.29 is 0 Å². The summed E-state index contributed by atoms with van der Waals surface area (Å²) in [6.07, 6.45) is 2.32. The zero-order valence-electron chi connectivity index (χ0n) is 7.79. The molecule has 0 amide bonds. The van der Waals surface area contributed by atoms with Gasteiger partial charge < -0.3 is 4.90 Å². The third-order valence-corrected chi connectivity index (χ3v) is 2.60. The number of anilines is 1. The number of aromatic nitrogens is 2. The average Bonchev–Trinajstić information content (AvgIpc) is 2.69. The normalized spacial score (nSPS) is 16.2. The van der Waals surface area contributed by atoms with E-state index in [4.69, 9.17) is 11.6 Å². The molecule has 0 aliphatic carbocycles. The molecule has 1 aromatic rings. The molecule has 0 saturated carbocycles. The van der Waals surface area contributed by atoms with Crippen molar-refractivity contribution in [3.63, 3.8) is 0 Å². The number of aromatic amines is 1. The highest BCUT2D eigenvalue weighted by Crippen LogP contribution is 2.14. The second-order valence-electron chi connectivity index (χ2n) is 3.39. The zero-order chi connectivity index (χ0) is 9.97. The highest BCUT2D eigenvalue weighted by atomic mass is 35.5. The smallest absolute Gasteiger partial charge is 0.252 e. The van der Waals surface area contributed by atoms with E-state index in [2.05, 4.69) is 14.9 Å². The van der Waals surface area contributed by atoms with Crippen LogP contribution in [0.2, 0.25) is 0 Å². The van der Waals surface area contributed by atoms with Crippen molar-refractivity contribution in [1.29, 1.82) is 0 Å². The van der Waals surface area contributed by atoms with Crippen molar-refractivity contribution in [2.24, 2.45) is 0 Å². The number of rotatable bonds is 2. The van der Waals surface area contributed by atoms with Crippen LogP contribution in [0.1, 0.15) is 18.5 Å². The number of hydrogen-bond donors (Lipinski definition) is 1. The summed E-state index contributed by atoms with van der Waals surface area (Å²) in [6.45, 7) is 1.93. The lowest BCUT2D eigenvalue weighted by Crippen LogP contribution is -2.24. The second-order valence-corrected chi connectivity index (χ2v) is 3.66. The van der Waals surface area contributed by atoms with Crippen molar-refractivity contribution in [2.45, 2.75) is 18.7 Å². The van der Waals surface area contributed by atoms with Crippen molar-refractivity contribution in [2.75, 3.05) is 18.0 Å². The van der Waals surface area contributed by atoms with Crippen LogP contribution < -0.4 is 10.5 Å². The first-order valence-electron chi connectivity index (χ1n) is 4.71. The molecule has 4 nitrogen and oxygen atoms in total. The van der Waals surface area contributed by atoms with Crippen LogP contribution in [0.5, 0.6) is 0 Å². The first-order valence-corrected chi connectivity index (χ1v) is 5.24. The summed E-state index contributed by atoms with van der Waals surface area (Å²) in [4.78, 5) is 20.3. The number of hydrogen-bond acceptors (Lipinski definition) is 3. The van der Waals surface area contributed by atoms with Gasteiger partial charge in [0.1, 0.15) is 0 Å². The lowest BCUT2D eigenvalue weighted by molar-refractivity contribution is 0.877. The van der Waals surface area contributed by atoms with Gasteiger partial charge in [-0.3, -0.25) is 9.78 Å². The molecule has 2 rings (SSSR count). The summed E-state index contributed by atoms with van der Waals surface area (Å²) in [7, 11) is 0. The Bertz CT molecular complexity index is 371. The molecule has 0 radical (unpaired) electrons. The number of nitrogens with one attached hydrogen (secondary N) is 1. The first kappa shape index (κ1) is 9.52. The van der Waals surface area contributed by atoms with Crippen LogP contribution >= 0.6 is 11.6 Å². The molecule has 1 aliphatic rings. The Labute approximate surface area is 86.9 Å². The molecule has 0 aromatic carbocycles. The van der Waals surface area contributed by atoms with Crippen LogP contribution in [0, 0.1) is 0 Å². The van der Waals surface area contributed by atoms with E-state index in [1.54, 1.807) is 0 Å². The molecule has 5 heteroatoms. The summed E-state index contributed by atoms with van der Waals surface area (Å²) in [5.74, 6) is 0.941. The lowest BCUT2D eigenvalue weighted by atomic mass is 10.4. The fourth-order valence-corrected chi connectivity index (χ4v) is 1.78. The summed E-state index contributed by atoms with van der Waals surface area (Å²) < 4.78 is 0. The van der Waals surface area contributed by atoms with Gasteiger partial charge in [-0.15, -0.1) is 11.6 Å². The summed E-state index contributed by atoms with van der Waals surface area (Å²) in [5, 5.41) is 0. The highest BCUT2D eigenvalue weighted by Gasteiger charge is 2.14. The fraction of sp³-hybridized carbons (Fsp3) is 0.556. The van der Waals surface area contributed by atoms with Crippen molar-refractivity contribution in [3.05, 3.63) is 22.1 Å². The van der Waals surface area contributed by atoms with E-state index >= 15 is 0 Å². The predicted octanol–water partition coefficient (Wildman–Crippen LogP) is 1.11. The Morgan fingerprint density at radius 2 is 2.21 bits per heavy atom. The van der Waals surface area contributed by atoms with Crippen LogP contribution in [0.4, 0.5) is 5.95 Å². The summed E-state index contributed by atoms with van der Waals surface area (Å²) in [6, 6.07) is 1.44. The van der Waals surface area contributed by atoms with E-state index in [1.807, 2.05) is 0 Å². The third-order valence-electron chi connectivity index (χ3n) is 2.32. The minimum absolute atomic E-state index is 0.127. The topological polar surface area (TPSA) is 49.0 Å². The zero-order valence-corrected chi connectivity index (χ0v) is 8.55. The Balaban J connectivity index is 2.32. The Morgan fingerprint density at radius 1 is 1.50 bits per heavy atom. The maximum absolute atomic E-state index is 11.2. The number of alkyl halides is 1. The second kappa shape index (κ2) is 4.00. The number of H-pyrrole nitrogens is 1. The molecule has 0 unspecified atom stereocenters. The fourth-order valence-electron chi connectivity index (χ4n) is 1.64. The third kappa shape index (κ3) is 1.90. The minimum atomic E-state index is -0.127. The van der Waals surface area contributed by atoms with E-state index in [-0.39, 0.29) is 11.4 Å². The van der Waals surface area contributed by atoms with Gasteiger partial charge in [0.15, 0.2) is 0 Å². The van der Waals surface area contributed by atoms with E-state index < -0.39 is 0 Å². The van der Waals surface area contributed by atoms with E-state index in [1.165, 1.54) is 6.07 Å². The van der Waals surface area contributed by atoms with Gasteiger partial charge in [-0.1, -0.05) is 0 Å². The molecule has 0 atom stereocenters. The Kier molecular flexibility index (Phi) is 2.72. The molecule has 2 heterocycles. The molecule has 0 bridgehead atoms. The molecule has 1 saturated heterocycles. The SMILES string of the molecule is O=c1cc(CCl)nc(N2CCCC2)[nH]1. The molecule has 1 aliphatic heterocycles. The molecule has 1 aromatic heterocycles. The van der Waals surface area contributed by atoms with Crippen molar-refractivity contribution >= 4 is 17.5 Å². The summed E-state index contributed by atoms with van der Waals surface area (Å²) in [5.41, 5.74) is 0.509. The maximum Gasteiger partial charge on any atom is 0.252 e. The summed E-state index contributed by atoms with van der Waals surface area (Å²) >= 11 is 5.64. The molecule has 1 fully saturated rings. The molecular formula is C9H12ClN3O. The Hall–Kier alpha value is -1.03. The largest absolute Gasteiger partial charge is 0.342 e. The molecule has 0 spiro atoms. The van der Waals surface area contributed by atoms with Crippen LogP contribution in [0.15, 0.2) is 10.9 Å². The molecular weight excluding hydrogens is 202 g/mol. The highest BCUT2D eigenvalue weighted by molar-refractivity contribution is 6.16. The van der Waals surface area contributed by atoms with Gasteiger partial charge in [0, 0.05) is 19.2 Å². The molecule has 1 N–H and O–H groups in total. The van der Waals surface area contributed by atoms with E-state index in [0.29, 0.717) is 11.6 Å². The van der Waals surface area contributed by atoms with Crippen LogP contribution in [-0.4, -0.2) is 23.1 Å². The minimum Gasteiger partial charge on any atom is -0.342 e. The monoisotopic (exact) mass is 213 g/mol. The number of halogens is 1. The van der Waals surface area contributed by atoms with Gasteiger partial charge in [0.2, 0.25) is 5.95 Å². The van der Waals surface area contributed by atoms with Gasteiger partial charge in [-0.05, 0) is 12.8 Å². The standard InChI is InChI=1S/C9H12ClN3O/c10-6-7-5-8(14)12-9(11-7)13-3-1-2-4-13/h5H,1-4,6H2,(H,11,12,14). The van der Waals surface area contributed by atoms with Gasteiger partial charge >= 0.3 is 0 Å². The van der Waals surface area contributed by atoms with E-state index in [9.17, 15) is 4.79 Å². The van der Waals surface area contributed by atoms with Crippen LogP contribution in [0.3, 0.4) is 0 Å². The van der Waals surface area contributed by atoms with Crippen molar-refractivity contribution in [3.8, 4) is 0 Å². The van der Waals surface area contributed by atoms with Crippen LogP contribution in [-0.2, 0) is 5.88 Å². The van der Waals surface area contributed by atoms with Gasteiger partial charge in [-0.2, -0.15) is 0 Å². The lowest BCUT2D eigenvalue weighted by Gasteiger charge is -2.15. The van der Waals surface area contributed by atoms with Crippen molar-refractivity contribution in [1.82, 2.24) is 9.97 Å². The maximum atomic E-state index is 11.2. The Morgan fingerprint density at radius 3 is 2.86 bits per heavy atom. The predicted molar refractivity (Wildman–Crippen MR) is 55.9 cm³/mol. The van der Waals surface area contributed by atoms with Crippen LogP contribution in [0.25, 0.3) is 0 Å². The van der Waals surface area contributed by atoms with E-state index in [0.717, 1.165) is 25.9 Å². The quantitative estimate of drug-likeness (QED) is 0.749. The van der Waals surface area contributed by atoms with Gasteiger partial charge in [0.05, 0.1) is 11.6 Å². The average molecular weight is 214 g/mol. The number of nitrogens with zero attached hydrogens (tertiary/aromatic N) is 2. The molecule has 14 heavy (non-hydrogen) atoms. The van der Waals surface area contributed by atoms with Gasteiger partial charge in [0.25, 0.3) is 5.56 Å².